The monoisotopic (exact) mass is 216 g/mol. The van der Waals surface area contributed by atoms with Crippen molar-refractivity contribution in [1.29, 1.82) is 0 Å². The molecule has 0 aliphatic heterocycles. The Hall–Kier alpha value is -1.48. The van der Waals surface area contributed by atoms with E-state index < -0.39 is 0 Å². The van der Waals surface area contributed by atoms with Crippen LogP contribution in [0.5, 0.6) is 0 Å². The fourth-order valence-electron chi connectivity index (χ4n) is 1.18. The van der Waals surface area contributed by atoms with Crippen molar-refractivity contribution in [2.75, 3.05) is 0 Å². The molecule has 0 fully saturated rings. The van der Waals surface area contributed by atoms with Gasteiger partial charge in [0.25, 0.3) is 0 Å². The molecule has 15 heavy (non-hydrogen) atoms. The molecule has 0 aliphatic rings. The summed E-state index contributed by atoms with van der Waals surface area (Å²) in [5.74, 6) is 0. The van der Waals surface area contributed by atoms with Crippen molar-refractivity contribution < 1.29 is 0 Å². The van der Waals surface area contributed by atoms with Gasteiger partial charge < -0.3 is 0 Å². The van der Waals surface area contributed by atoms with Crippen LogP contribution in [-0.4, -0.2) is 11.2 Å². The molecule has 0 radical (unpaired) electrons. The van der Waals surface area contributed by atoms with Crippen molar-refractivity contribution >= 4 is 22.7 Å². The second-order valence-electron chi connectivity index (χ2n) is 3.44. The van der Waals surface area contributed by atoms with E-state index in [-0.39, 0.29) is 0 Å². The molecule has 0 unspecified atom stereocenters. The van der Waals surface area contributed by atoms with Crippen molar-refractivity contribution in [3.63, 3.8) is 0 Å². The Morgan fingerprint density at radius 2 is 1.93 bits per heavy atom. The molecule has 76 valence electrons. The summed E-state index contributed by atoms with van der Waals surface area (Å²) in [7, 11) is 0. The van der Waals surface area contributed by atoms with Crippen LogP contribution in [0.3, 0.4) is 0 Å². The van der Waals surface area contributed by atoms with Gasteiger partial charge in [0.2, 0.25) is 5.13 Å². The molecule has 1 aromatic heterocycles. The van der Waals surface area contributed by atoms with Crippen LogP contribution >= 0.6 is 11.3 Å². The van der Waals surface area contributed by atoms with E-state index in [1.165, 1.54) is 5.56 Å². The van der Waals surface area contributed by atoms with Crippen LogP contribution in [0.15, 0.2) is 34.6 Å². The molecule has 2 aromatic rings. The van der Waals surface area contributed by atoms with E-state index in [2.05, 4.69) is 41.2 Å². The van der Waals surface area contributed by atoms with Crippen molar-refractivity contribution in [3.8, 4) is 0 Å². The Morgan fingerprint density at radius 3 is 2.53 bits per heavy atom. The maximum Gasteiger partial charge on any atom is 0.209 e. The minimum atomic E-state index is 0.813. The third-order valence-electron chi connectivity index (χ3n) is 2.01. The molecule has 2 rings (SSSR count). The molecule has 0 spiro atoms. The number of aromatic nitrogens is 1. The van der Waals surface area contributed by atoms with Crippen molar-refractivity contribution in [2.45, 2.75) is 13.8 Å². The average Bonchev–Trinajstić information content (AvgIpc) is 2.64. The normalized spacial score (nSPS) is 11.1. The minimum Gasteiger partial charge on any atom is -0.227 e. The van der Waals surface area contributed by atoms with E-state index in [0.717, 1.165) is 16.4 Å². The van der Waals surface area contributed by atoms with E-state index in [0.29, 0.717) is 0 Å². The summed E-state index contributed by atoms with van der Waals surface area (Å²) >= 11 is 1.56. The highest BCUT2D eigenvalue weighted by molar-refractivity contribution is 7.13. The molecule has 0 bridgehead atoms. The lowest BCUT2D eigenvalue weighted by Gasteiger charge is -1.92. The van der Waals surface area contributed by atoms with Crippen LogP contribution in [0.2, 0.25) is 0 Å². The third kappa shape index (κ3) is 2.73. The van der Waals surface area contributed by atoms with Crippen LogP contribution in [0.4, 0.5) is 5.13 Å². The van der Waals surface area contributed by atoms with Gasteiger partial charge in [0.05, 0.1) is 5.69 Å². The number of hydrogen-bond donors (Lipinski definition) is 0. The maximum atomic E-state index is 4.31. The lowest BCUT2D eigenvalue weighted by Crippen LogP contribution is -1.80. The summed E-state index contributed by atoms with van der Waals surface area (Å²) < 4.78 is 0. The van der Waals surface area contributed by atoms with E-state index >= 15 is 0 Å². The zero-order chi connectivity index (χ0) is 10.7. The Balaban J connectivity index is 2.14. The molecule has 1 heterocycles. The van der Waals surface area contributed by atoms with Gasteiger partial charge in [-0.1, -0.05) is 29.8 Å². The van der Waals surface area contributed by atoms with Gasteiger partial charge in [-0.25, -0.2) is 9.98 Å². The Morgan fingerprint density at radius 1 is 1.20 bits per heavy atom. The molecule has 3 heteroatoms. The number of aliphatic imine (C=N–C) groups is 1. The maximum absolute atomic E-state index is 4.31. The van der Waals surface area contributed by atoms with Crippen molar-refractivity contribution in [3.05, 3.63) is 46.5 Å². The van der Waals surface area contributed by atoms with Crippen molar-refractivity contribution in [2.24, 2.45) is 4.99 Å². The van der Waals surface area contributed by atoms with Gasteiger partial charge in [0.1, 0.15) is 0 Å². The van der Waals surface area contributed by atoms with Gasteiger partial charge in [-0.05, 0) is 19.4 Å². The van der Waals surface area contributed by atoms with Crippen LogP contribution < -0.4 is 0 Å². The smallest absolute Gasteiger partial charge is 0.209 e. The zero-order valence-electron chi connectivity index (χ0n) is 8.77. The number of hydrogen-bond acceptors (Lipinski definition) is 3. The zero-order valence-corrected chi connectivity index (χ0v) is 9.58. The van der Waals surface area contributed by atoms with Crippen LogP contribution in [0, 0.1) is 13.8 Å². The first-order valence-corrected chi connectivity index (χ1v) is 5.65. The molecular formula is C12H12N2S. The summed E-state index contributed by atoms with van der Waals surface area (Å²) in [4.78, 5) is 8.57. The molecule has 0 saturated carbocycles. The molecule has 0 aliphatic carbocycles. The SMILES string of the molecule is Cc1ccc(/C=N/c2nc(C)cs2)cc1. The topological polar surface area (TPSA) is 25.2 Å². The fourth-order valence-corrected chi connectivity index (χ4v) is 1.82. The van der Waals surface area contributed by atoms with Gasteiger partial charge in [0.15, 0.2) is 0 Å². The second-order valence-corrected chi connectivity index (χ2v) is 4.28. The number of thiazole rings is 1. The fraction of sp³-hybridized carbons (Fsp3) is 0.167. The molecular weight excluding hydrogens is 204 g/mol. The predicted molar refractivity (Wildman–Crippen MR) is 65.3 cm³/mol. The predicted octanol–water partition coefficient (Wildman–Crippen LogP) is 3.51. The van der Waals surface area contributed by atoms with Gasteiger partial charge in [-0.3, -0.25) is 0 Å². The lowest BCUT2D eigenvalue weighted by molar-refractivity contribution is 1.25. The summed E-state index contributed by atoms with van der Waals surface area (Å²) in [6.45, 7) is 4.05. The highest BCUT2D eigenvalue weighted by Gasteiger charge is 1.93. The van der Waals surface area contributed by atoms with Crippen LogP contribution in [0.1, 0.15) is 16.8 Å². The van der Waals surface area contributed by atoms with E-state index in [9.17, 15) is 0 Å². The second kappa shape index (κ2) is 4.36. The first-order valence-electron chi connectivity index (χ1n) is 4.77. The highest BCUT2D eigenvalue weighted by Crippen LogP contribution is 2.17. The largest absolute Gasteiger partial charge is 0.227 e. The summed E-state index contributed by atoms with van der Waals surface area (Å²) in [5.41, 5.74) is 3.39. The quantitative estimate of drug-likeness (QED) is 0.705. The number of aryl methyl sites for hydroxylation is 2. The molecule has 0 N–H and O–H groups in total. The van der Waals surface area contributed by atoms with Gasteiger partial charge in [0, 0.05) is 11.6 Å². The van der Waals surface area contributed by atoms with E-state index in [4.69, 9.17) is 0 Å². The van der Waals surface area contributed by atoms with E-state index in [1.807, 2.05) is 18.5 Å². The number of nitrogens with zero attached hydrogens (tertiary/aromatic N) is 2. The van der Waals surface area contributed by atoms with Crippen LogP contribution in [0.25, 0.3) is 0 Å². The minimum absolute atomic E-state index is 0.813. The summed E-state index contributed by atoms with van der Waals surface area (Å²) in [6.07, 6.45) is 1.84. The number of rotatable bonds is 2. The average molecular weight is 216 g/mol. The van der Waals surface area contributed by atoms with Crippen LogP contribution in [-0.2, 0) is 0 Å². The summed E-state index contributed by atoms with van der Waals surface area (Å²) in [6, 6.07) is 8.27. The lowest BCUT2D eigenvalue weighted by atomic mass is 10.2. The first kappa shape index (κ1) is 10.1. The van der Waals surface area contributed by atoms with Crippen molar-refractivity contribution in [1.82, 2.24) is 4.98 Å². The molecule has 0 atom stereocenters. The Labute approximate surface area is 93.3 Å². The number of benzene rings is 1. The molecule has 0 amide bonds. The van der Waals surface area contributed by atoms with E-state index in [1.54, 1.807) is 11.3 Å². The summed E-state index contributed by atoms with van der Waals surface area (Å²) in [5, 5.41) is 2.81. The Bertz CT molecular complexity index is 469. The van der Waals surface area contributed by atoms with Gasteiger partial charge in [-0.2, -0.15) is 0 Å². The molecule has 2 nitrogen and oxygen atoms in total. The first-order chi connectivity index (χ1) is 7.24. The molecule has 1 aromatic carbocycles. The standard InChI is InChI=1S/C12H12N2S/c1-9-3-5-11(6-4-9)7-13-12-14-10(2)8-15-12/h3-8H,1-2H3/b13-7+. The molecule has 0 saturated heterocycles. The Kier molecular flexibility index (Phi) is 2.92. The highest BCUT2D eigenvalue weighted by atomic mass is 32.1. The third-order valence-corrected chi connectivity index (χ3v) is 2.87. The van der Waals surface area contributed by atoms with Gasteiger partial charge in [-0.15, -0.1) is 11.3 Å². The van der Waals surface area contributed by atoms with Gasteiger partial charge >= 0.3 is 0 Å².